The average molecular weight is 231 g/mol. The highest BCUT2D eigenvalue weighted by Gasteiger charge is 2.12. The molecule has 1 aromatic carbocycles. The van der Waals surface area contributed by atoms with Crippen molar-refractivity contribution in [2.24, 2.45) is 0 Å². The van der Waals surface area contributed by atoms with Crippen molar-refractivity contribution in [2.75, 3.05) is 0 Å². The first-order valence-electron chi connectivity index (χ1n) is 7.20. The standard InChI is InChI=1S/C17H27/c1-4-6-8-13-16(12-7-5-2)17-14-10-9-11-15(17)3/h9-11,14,16H,3-8,12-13H2,1-2H3. The van der Waals surface area contributed by atoms with Crippen molar-refractivity contribution in [1.82, 2.24) is 0 Å². The van der Waals surface area contributed by atoms with Crippen molar-refractivity contribution in [3.05, 3.63) is 42.3 Å². The smallest absolute Gasteiger partial charge is 0.0159 e. The highest BCUT2D eigenvalue weighted by atomic mass is 14.2. The molecule has 17 heavy (non-hydrogen) atoms. The molecule has 95 valence electrons. The zero-order valence-corrected chi connectivity index (χ0v) is 11.5. The SMILES string of the molecule is [CH2]c1ccccc1C(CCCC)CCCCC. The van der Waals surface area contributed by atoms with E-state index in [0.29, 0.717) is 0 Å². The Morgan fingerprint density at radius 3 is 2.24 bits per heavy atom. The third-order valence-electron chi connectivity index (χ3n) is 3.56. The Hall–Kier alpha value is -0.780. The fourth-order valence-corrected chi connectivity index (χ4v) is 2.48. The van der Waals surface area contributed by atoms with Crippen LogP contribution in [0.5, 0.6) is 0 Å². The largest absolute Gasteiger partial charge is 0.0654 e. The van der Waals surface area contributed by atoms with Gasteiger partial charge in [-0.05, 0) is 36.8 Å². The normalized spacial score (nSPS) is 12.6. The first-order valence-corrected chi connectivity index (χ1v) is 7.20. The van der Waals surface area contributed by atoms with Gasteiger partial charge in [-0.2, -0.15) is 0 Å². The van der Waals surface area contributed by atoms with Gasteiger partial charge in [0.05, 0.1) is 0 Å². The van der Waals surface area contributed by atoms with Crippen LogP contribution in [-0.4, -0.2) is 0 Å². The molecule has 1 atom stereocenters. The summed E-state index contributed by atoms with van der Waals surface area (Å²) in [5, 5.41) is 0. The Bertz CT molecular complexity index is 301. The highest BCUT2D eigenvalue weighted by Crippen LogP contribution is 2.29. The maximum atomic E-state index is 4.18. The second-order valence-electron chi connectivity index (χ2n) is 5.03. The maximum absolute atomic E-state index is 4.18. The van der Waals surface area contributed by atoms with Crippen LogP contribution >= 0.6 is 0 Å². The molecule has 1 unspecified atom stereocenters. The van der Waals surface area contributed by atoms with E-state index in [1.165, 1.54) is 56.1 Å². The van der Waals surface area contributed by atoms with Crippen molar-refractivity contribution in [3.8, 4) is 0 Å². The lowest BCUT2D eigenvalue weighted by Gasteiger charge is -2.19. The molecule has 0 spiro atoms. The molecule has 0 N–H and O–H groups in total. The summed E-state index contributed by atoms with van der Waals surface area (Å²) in [6.45, 7) is 8.73. The molecule has 0 nitrogen and oxygen atoms in total. The van der Waals surface area contributed by atoms with Crippen molar-refractivity contribution in [3.63, 3.8) is 0 Å². The van der Waals surface area contributed by atoms with Crippen LogP contribution in [0.25, 0.3) is 0 Å². The number of hydrogen-bond acceptors (Lipinski definition) is 0. The molecule has 1 radical (unpaired) electrons. The molecule has 0 saturated heterocycles. The Morgan fingerprint density at radius 1 is 0.941 bits per heavy atom. The lowest BCUT2D eigenvalue weighted by atomic mass is 9.86. The molecule has 0 bridgehead atoms. The van der Waals surface area contributed by atoms with E-state index in [9.17, 15) is 0 Å². The fourth-order valence-electron chi connectivity index (χ4n) is 2.48. The molecule has 0 aliphatic carbocycles. The molecular weight excluding hydrogens is 204 g/mol. The van der Waals surface area contributed by atoms with Gasteiger partial charge < -0.3 is 0 Å². The van der Waals surface area contributed by atoms with E-state index >= 15 is 0 Å². The molecule has 0 aliphatic heterocycles. The molecular formula is C17H27. The van der Waals surface area contributed by atoms with E-state index in [1.54, 1.807) is 0 Å². The van der Waals surface area contributed by atoms with Crippen LogP contribution in [0.1, 0.15) is 75.8 Å². The third kappa shape index (κ3) is 4.93. The lowest BCUT2D eigenvalue weighted by molar-refractivity contribution is 0.514. The summed E-state index contributed by atoms with van der Waals surface area (Å²) in [6, 6.07) is 8.67. The Labute approximate surface area is 107 Å². The topological polar surface area (TPSA) is 0 Å². The van der Waals surface area contributed by atoms with E-state index < -0.39 is 0 Å². The number of unbranched alkanes of at least 4 members (excludes halogenated alkanes) is 3. The van der Waals surface area contributed by atoms with E-state index in [0.717, 1.165) is 5.92 Å². The Balaban J connectivity index is 2.64. The van der Waals surface area contributed by atoms with Crippen molar-refractivity contribution in [1.29, 1.82) is 0 Å². The molecule has 0 aliphatic rings. The Morgan fingerprint density at radius 2 is 1.59 bits per heavy atom. The zero-order valence-electron chi connectivity index (χ0n) is 11.5. The molecule has 0 heteroatoms. The van der Waals surface area contributed by atoms with Gasteiger partial charge in [0.2, 0.25) is 0 Å². The van der Waals surface area contributed by atoms with E-state index in [4.69, 9.17) is 0 Å². The quantitative estimate of drug-likeness (QED) is 0.502. The summed E-state index contributed by atoms with van der Waals surface area (Å²) in [7, 11) is 0. The molecule has 1 rings (SSSR count). The minimum absolute atomic E-state index is 0.732. The second kappa shape index (κ2) is 8.33. The predicted molar refractivity (Wildman–Crippen MR) is 77.3 cm³/mol. The van der Waals surface area contributed by atoms with Gasteiger partial charge in [-0.1, -0.05) is 70.2 Å². The molecule has 0 heterocycles. The van der Waals surface area contributed by atoms with Crippen LogP contribution < -0.4 is 0 Å². The summed E-state index contributed by atoms with van der Waals surface area (Å²) in [4.78, 5) is 0. The molecule has 1 aromatic rings. The first-order chi connectivity index (χ1) is 8.29. The van der Waals surface area contributed by atoms with Crippen molar-refractivity contribution >= 4 is 0 Å². The molecule has 0 saturated carbocycles. The van der Waals surface area contributed by atoms with E-state index in [1.807, 2.05) is 0 Å². The average Bonchev–Trinajstić information content (AvgIpc) is 2.35. The monoisotopic (exact) mass is 231 g/mol. The van der Waals surface area contributed by atoms with Crippen LogP contribution in [-0.2, 0) is 0 Å². The van der Waals surface area contributed by atoms with Crippen LogP contribution in [0, 0.1) is 6.92 Å². The number of hydrogen-bond donors (Lipinski definition) is 0. The van der Waals surface area contributed by atoms with Crippen LogP contribution in [0.4, 0.5) is 0 Å². The third-order valence-corrected chi connectivity index (χ3v) is 3.56. The zero-order chi connectivity index (χ0) is 12.5. The van der Waals surface area contributed by atoms with Gasteiger partial charge in [0, 0.05) is 0 Å². The second-order valence-corrected chi connectivity index (χ2v) is 5.03. The summed E-state index contributed by atoms with van der Waals surface area (Å²) in [5.41, 5.74) is 2.71. The Kier molecular flexibility index (Phi) is 7.00. The molecule has 0 amide bonds. The summed E-state index contributed by atoms with van der Waals surface area (Å²) in [6.07, 6.45) is 9.33. The van der Waals surface area contributed by atoms with Crippen LogP contribution in [0.3, 0.4) is 0 Å². The van der Waals surface area contributed by atoms with Gasteiger partial charge in [0.15, 0.2) is 0 Å². The summed E-state index contributed by atoms with van der Waals surface area (Å²) < 4.78 is 0. The fraction of sp³-hybridized carbons (Fsp3) is 0.588. The number of rotatable bonds is 8. The van der Waals surface area contributed by atoms with Gasteiger partial charge >= 0.3 is 0 Å². The molecule has 0 fully saturated rings. The summed E-state index contributed by atoms with van der Waals surface area (Å²) >= 11 is 0. The van der Waals surface area contributed by atoms with E-state index in [2.05, 4.69) is 45.0 Å². The number of benzene rings is 1. The van der Waals surface area contributed by atoms with Gasteiger partial charge in [0.1, 0.15) is 0 Å². The van der Waals surface area contributed by atoms with E-state index in [-0.39, 0.29) is 0 Å². The predicted octanol–water partition coefficient (Wildman–Crippen LogP) is 5.72. The van der Waals surface area contributed by atoms with Gasteiger partial charge in [-0.15, -0.1) is 0 Å². The minimum Gasteiger partial charge on any atom is -0.0654 e. The van der Waals surface area contributed by atoms with Gasteiger partial charge in [-0.25, -0.2) is 0 Å². The minimum atomic E-state index is 0.732. The van der Waals surface area contributed by atoms with Crippen molar-refractivity contribution < 1.29 is 0 Å². The summed E-state index contributed by atoms with van der Waals surface area (Å²) in [5.74, 6) is 0.732. The van der Waals surface area contributed by atoms with Crippen molar-refractivity contribution in [2.45, 2.75) is 64.7 Å². The highest BCUT2D eigenvalue weighted by molar-refractivity contribution is 5.32. The van der Waals surface area contributed by atoms with Crippen LogP contribution in [0.2, 0.25) is 0 Å². The van der Waals surface area contributed by atoms with Gasteiger partial charge in [0.25, 0.3) is 0 Å². The maximum Gasteiger partial charge on any atom is -0.0159 e. The van der Waals surface area contributed by atoms with Crippen LogP contribution in [0.15, 0.2) is 24.3 Å². The first kappa shape index (κ1) is 14.3. The molecule has 0 aromatic heterocycles. The lowest BCUT2D eigenvalue weighted by Crippen LogP contribution is -2.01. The van der Waals surface area contributed by atoms with Gasteiger partial charge in [-0.3, -0.25) is 0 Å².